The summed E-state index contributed by atoms with van der Waals surface area (Å²) in [5.74, 6) is -0.960. The van der Waals surface area contributed by atoms with E-state index in [0.717, 1.165) is 12.8 Å². The third kappa shape index (κ3) is 4.13. The zero-order valence-electron chi connectivity index (χ0n) is 11.0. The molecule has 18 heavy (non-hydrogen) atoms. The van der Waals surface area contributed by atoms with Crippen molar-refractivity contribution in [3.63, 3.8) is 0 Å². The highest BCUT2D eigenvalue weighted by molar-refractivity contribution is 5.97. The first-order chi connectivity index (χ1) is 8.41. The summed E-state index contributed by atoms with van der Waals surface area (Å²) in [4.78, 5) is 35.3. The van der Waals surface area contributed by atoms with E-state index in [1.165, 1.54) is 4.90 Å². The molecule has 2 amide bonds. The minimum atomic E-state index is -1.01. The van der Waals surface area contributed by atoms with Crippen molar-refractivity contribution >= 4 is 17.8 Å². The highest BCUT2D eigenvalue weighted by atomic mass is 16.4. The summed E-state index contributed by atoms with van der Waals surface area (Å²) in [6, 6.07) is -0.0267. The first-order valence-corrected chi connectivity index (χ1v) is 6.48. The van der Waals surface area contributed by atoms with E-state index < -0.39 is 5.97 Å². The largest absolute Gasteiger partial charge is 0.481 e. The summed E-state index contributed by atoms with van der Waals surface area (Å²) in [7, 11) is 0. The molecule has 1 aliphatic rings. The molecule has 1 atom stereocenters. The number of likely N-dealkylation sites (tertiary alicyclic amines) is 1. The Balaban J connectivity index is 2.55. The fraction of sp³-hybridized carbons (Fsp3) is 0.769. The Morgan fingerprint density at radius 3 is 2.61 bits per heavy atom. The normalized spacial score (nSPS) is 19.6. The van der Waals surface area contributed by atoms with E-state index in [1.807, 2.05) is 0 Å². The number of hydrogen-bond acceptors (Lipinski definition) is 3. The Labute approximate surface area is 107 Å². The summed E-state index contributed by atoms with van der Waals surface area (Å²) < 4.78 is 0. The van der Waals surface area contributed by atoms with Gasteiger partial charge in [-0.1, -0.05) is 13.8 Å². The van der Waals surface area contributed by atoms with E-state index in [2.05, 4.69) is 13.8 Å². The number of nitrogens with zero attached hydrogens (tertiary/aromatic N) is 1. The predicted molar refractivity (Wildman–Crippen MR) is 65.8 cm³/mol. The molecule has 102 valence electrons. The average Bonchev–Trinajstić information content (AvgIpc) is 2.64. The van der Waals surface area contributed by atoms with Crippen LogP contribution in [0.25, 0.3) is 0 Å². The summed E-state index contributed by atoms with van der Waals surface area (Å²) in [6.45, 7) is 4.21. The van der Waals surface area contributed by atoms with E-state index in [9.17, 15) is 14.4 Å². The van der Waals surface area contributed by atoms with Gasteiger partial charge in [-0.25, -0.2) is 0 Å². The maximum absolute atomic E-state index is 11.9. The molecule has 1 fully saturated rings. The van der Waals surface area contributed by atoms with E-state index in [4.69, 9.17) is 5.11 Å². The van der Waals surface area contributed by atoms with Crippen molar-refractivity contribution in [1.29, 1.82) is 0 Å². The lowest BCUT2D eigenvalue weighted by atomic mass is 10.0. The molecular weight excluding hydrogens is 234 g/mol. The molecule has 1 rings (SSSR count). The van der Waals surface area contributed by atoms with Gasteiger partial charge < -0.3 is 5.11 Å². The first kappa shape index (κ1) is 14.7. The minimum absolute atomic E-state index is 0.0267. The summed E-state index contributed by atoms with van der Waals surface area (Å²) >= 11 is 0. The van der Waals surface area contributed by atoms with Crippen molar-refractivity contribution in [1.82, 2.24) is 4.90 Å². The second kappa shape index (κ2) is 6.52. The Kier molecular flexibility index (Phi) is 5.31. The van der Waals surface area contributed by atoms with E-state index in [0.29, 0.717) is 18.8 Å². The number of carbonyl (C=O) groups is 3. The van der Waals surface area contributed by atoms with Crippen LogP contribution in [0.5, 0.6) is 0 Å². The van der Waals surface area contributed by atoms with Crippen molar-refractivity contribution in [3.8, 4) is 0 Å². The monoisotopic (exact) mass is 255 g/mol. The molecular formula is C13H21NO4. The molecule has 0 spiro atoms. The molecule has 5 nitrogen and oxygen atoms in total. The number of carbonyl (C=O) groups excluding carboxylic acids is 2. The molecule has 0 saturated carbocycles. The molecule has 0 aromatic carbocycles. The lowest BCUT2D eigenvalue weighted by Crippen LogP contribution is -2.38. The summed E-state index contributed by atoms with van der Waals surface area (Å²) in [6.07, 6.45) is 2.62. The molecule has 1 aliphatic heterocycles. The van der Waals surface area contributed by atoms with Crippen LogP contribution in [-0.2, 0) is 14.4 Å². The highest BCUT2D eigenvalue weighted by Crippen LogP contribution is 2.25. The van der Waals surface area contributed by atoms with Gasteiger partial charge >= 0.3 is 5.97 Å². The number of carboxylic acids is 1. The fourth-order valence-electron chi connectivity index (χ4n) is 2.22. The van der Waals surface area contributed by atoms with Gasteiger partial charge in [-0.3, -0.25) is 19.3 Å². The van der Waals surface area contributed by atoms with E-state index in [1.54, 1.807) is 0 Å². The van der Waals surface area contributed by atoms with Crippen molar-refractivity contribution in [2.45, 2.75) is 58.4 Å². The van der Waals surface area contributed by atoms with Gasteiger partial charge in [0.2, 0.25) is 11.8 Å². The van der Waals surface area contributed by atoms with Crippen LogP contribution < -0.4 is 0 Å². The molecule has 0 aromatic heterocycles. The highest BCUT2D eigenvalue weighted by Gasteiger charge is 2.35. The maximum atomic E-state index is 11.9. The van der Waals surface area contributed by atoms with Crippen LogP contribution in [0.15, 0.2) is 0 Å². The van der Waals surface area contributed by atoms with Crippen LogP contribution in [0.4, 0.5) is 0 Å². The zero-order chi connectivity index (χ0) is 13.7. The third-order valence-corrected chi connectivity index (χ3v) is 3.22. The molecule has 0 bridgehead atoms. The van der Waals surface area contributed by atoms with Crippen molar-refractivity contribution in [3.05, 3.63) is 0 Å². The fourth-order valence-corrected chi connectivity index (χ4v) is 2.22. The summed E-state index contributed by atoms with van der Waals surface area (Å²) in [5, 5.41) is 8.56. The zero-order valence-corrected chi connectivity index (χ0v) is 11.0. The average molecular weight is 255 g/mol. The predicted octanol–water partition coefficient (Wildman–Crippen LogP) is 1.81. The smallest absolute Gasteiger partial charge is 0.303 e. The van der Waals surface area contributed by atoms with Crippen LogP contribution in [-0.4, -0.2) is 33.8 Å². The van der Waals surface area contributed by atoms with E-state index >= 15 is 0 Å². The molecule has 0 radical (unpaired) electrons. The van der Waals surface area contributed by atoms with Crippen LogP contribution in [0, 0.1) is 5.92 Å². The van der Waals surface area contributed by atoms with Crippen LogP contribution in [0.2, 0.25) is 0 Å². The van der Waals surface area contributed by atoms with Crippen LogP contribution in [0.3, 0.4) is 0 Å². The second-order valence-electron chi connectivity index (χ2n) is 5.21. The minimum Gasteiger partial charge on any atom is -0.481 e. The molecule has 1 heterocycles. The number of amides is 2. The number of carboxylic acid groups (broad SMARTS) is 1. The molecule has 1 saturated heterocycles. The molecule has 5 heteroatoms. The molecule has 0 aromatic rings. The van der Waals surface area contributed by atoms with Gasteiger partial charge in [0.1, 0.15) is 0 Å². The van der Waals surface area contributed by atoms with Gasteiger partial charge in [0.05, 0.1) is 6.42 Å². The van der Waals surface area contributed by atoms with Crippen molar-refractivity contribution < 1.29 is 19.5 Å². The van der Waals surface area contributed by atoms with Gasteiger partial charge in [0.25, 0.3) is 0 Å². The first-order valence-electron chi connectivity index (χ1n) is 6.48. The quantitative estimate of drug-likeness (QED) is 0.785. The standard InChI is InChI=1S/C13H21NO4/c1-9(2)3-4-10-5-6-11(15)14(10)12(16)7-8-13(17)18/h9-10H,3-8H2,1-2H3,(H,17,18). The van der Waals surface area contributed by atoms with Gasteiger partial charge in [-0.2, -0.15) is 0 Å². The second-order valence-corrected chi connectivity index (χ2v) is 5.21. The van der Waals surface area contributed by atoms with Crippen molar-refractivity contribution in [2.75, 3.05) is 0 Å². The molecule has 1 N–H and O–H groups in total. The van der Waals surface area contributed by atoms with Gasteiger partial charge in [0.15, 0.2) is 0 Å². The third-order valence-electron chi connectivity index (χ3n) is 3.22. The van der Waals surface area contributed by atoms with Crippen LogP contribution >= 0.6 is 0 Å². The SMILES string of the molecule is CC(C)CCC1CCC(=O)N1C(=O)CCC(=O)O. The maximum Gasteiger partial charge on any atom is 0.303 e. The molecule has 1 unspecified atom stereocenters. The Morgan fingerprint density at radius 1 is 1.39 bits per heavy atom. The summed E-state index contributed by atoms with van der Waals surface area (Å²) in [5.41, 5.74) is 0. The Bertz CT molecular complexity index is 338. The van der Waals surface area contributed by atoms with Gasteiger partial charge in [-0.05, 0) is 25.2 Å². The number of imide groups is 1. The Hall–Kier alpha value is -1.39. The Morgan fingerprint density at radius 2 is 2.06 bits per heavy atom. The lowest BCUT2D eigenvalue weighted by molar-refractivity contribution is -0.147. The number of hydrogen-bond donors (Lipinski definition) is 1. The lowest BCUT2D eigenvalue weighted by Gasteiger charge is -2.23. The molecule has 0 aliphatic carbocycles. The van der Waals surface area contributed by atoms with Crippen molar-refractivity contribution in [2.24, 2.45) is 5.92 Å². The number of aliphatic carboxylic acids is 1. The van der Waals surface area contributed by atoms with Crippen LogP contribution in [0.1, 0.15) is 52.4 Å². The number of rotatable bonds is 6. The topological polar surface area (TPSA) is 74.7 Å². The van der Waals surface area contributed by atoms with Gasteiger partial charge in [0, 0.05) is 18.9 Å². The van der Waals surface area contributed by atoms with Gasteiger partial charge in [-0.15, -0.1) is 0 Å². The van der Waals surface area contributed by atoms with E-state index in [-0.39, 0.29) is 30.7 Å².